The molecule has 1 aliphatic heterocycles. The lowest BCUT2D eigenvalue weighted by Gasteiger charge is -2.28. The van der Waals surface area contributed by atoms with Crippen LogP contribution < -0.4 is 0 Å². The van der Waals surface area contributed by atoms with Crippen molar-refractivity contribution in [1.29, 1.82) is 0 Å². The molecule has 0 N–H and O–H groups in total. The van der Waals surface area contributed by atoms with Crippen molar-refractivity contribution in [3.8, 4) is 11.4 Å². The maximum atomic E-state index is 13.0. The van der Waals surface area contributed by atoms with Crippen LogP contribution in [-0.2, 0) is 21.2 Å². The first-order chi connectivity index (χ1) is 14.4. The van der Waals surface area contributed by atoms with Gasteiger partial charge >= 0.3 is 0 Å². The maximum Gasteiger partial charge on any atom is 0.233 e. The van der Waals surface area contributed by atoms with E-state index in [1.807, 2.05) is 21.6 Å². The Hall–Kier alpha value is -1.84. The number of aromatic nitrogens is 3. The van der Waals surface area contributed by atoms with E-state index in [0.29, 0.717) is 29.0 Å². The molecule has 1 aromatic carbocycles. The Balaban J connectivity index is 1.49. The molecule has 10 heteroatoms. The molecule has 30 heavy (non-hydrogen) atoms. The summed E-state index contributed by atoms with van der Waals surface area (Å²) in [4.78, 5) is 14.8. The number of hydrogen-bond acceptors (Lipinski definition) is 6. The molecule has 1 amide bonds. The average molecular weight is 467 g/mol. The van der Waals surface area contributed by atoms with E-state index in [9.17, 15) is 13.2 Å². The van der Waals surface area contributed by atoms with Crippen molar-refractivity contribution >= 4 is 39.1 Å². The van der Waals surface area contributed by atoms with Gasteiger partial charge in [-0.05, 0) is 43.5 Å². The highest BCUT2D eigenvalue weighted by Gasteiger charge is 2.42. The van der Waals surface area contributed by atoms with Gasteiger partial charge in [-0.25, -0.2) is 8.42 Å². The van der Waals surface area contributed by atoms with Gasteiger partial charge < -0.3 is 4.90 Å². The summed E-state index contributed by atoms with van der Waals surface area (Å²) in [5, 5.41) is 9.84. The molecule has 0 bridgehead atoms. The number of benzene rings is 1. The molecule has 1 aliphatic carbocycles. The minimum atomic E-state index is -3.04. The van der Waals surface area contributed by atoms with E-state index in [0.717, 1.165) is 18.4 Å². The highest BCUT2D eigenvalue weighted by molar-refractivity contribution is 7.99. The Morgan fingerprint density at radius 2 is 1.97 bits per heavy atom. The van der Waals surface area contributed by atoms with Gasteiger partial charge in [0.25, 0.3) is 0 Å². The lowest BCUT2D eigenvalue weighted by molar-refractivity contribution is -0.130. The van der Waals surface area contributed by atoms with Gasteiger partial charge in [0.2, 0.25) is 5.91 Å². The first-order valence-electron chi connectivity index (χ1n) is 9.82. The van der Waals surface area contributed by atoms with Gasteiger partial charge in [-0.15, -0.1) is 16.8 Å². The molecule has 2 aromatic rings. The van der Waals surface area contributed by atoms with E-state index in [-0.39, 0.29) is 35.2 Å². The fourth-order valence-electron chi connectivity index (χ4n) is 3.76. The first kappa shape index (κ1) is 21.4. The van der Waals surface area contributed by atoms with Crippen LogP contribution in [0.2, 0.25) is 5.02 Å². The molecule has 1 aromatic heterocycles. The van der Waals surface area contributed by atoms with Gasteiger partial charge in [-0.3, -0.25) is 9.36 Å². The number of carbonyl (C=O) groups excluding carboxylic acids is 1. The average Bonchev–Trinajstić information content (AvgIpc) is 3.36. The van der Waals surface area contributed by atoms with Gasteiger partial charge in [-0.2, -0.15) is 0 Å². The predicted molar refractivity (Wildman–Crippen MR) is 118 cm³/mol. The van der Waals surface area contributed by atoms with Crippen LogP contribution in [0.4, 0.5) is 0 Å². The molecular formula is C20H23ClN4O3S2. The third-order valence-corrected chi connectivity index (χ3v) is 8.24. The number of sulfone groups is 1. The number of thioether (sulfide) groups is 1. The van der Waals surface area contributed by atoms with E-state index >= 15 is 0 Å². The van der Waals surface area contributed by atoms with Gasteiger partial charge in [0, 0.05) is 29.2 Å². The van der Waals surface area contributed by atoms with Crippen molar-refractivity contribution in [1.82, 2.24) is 19.7 Å². The molecule has 0 spiro atoms. The monoisotopic (exact) mass is 466 g/mol. The lowest BCUT2D eigenvalue weighted by atomic mass is 10.2. The molecule has 0 radical (unpaired) electrons. The minimum Gasteiger partial charge on any atom is -0.335 e. The standard InChI is InChI=1S/C20H23ClN4O3S2/c1-2-10-24-19(14-3-5-15(21)6-4-14)22-23-20(24)29-12-18(26)25(16-7-8-16)17-9-11-30(27,28)13-17/h2-6,16-17H,1,7-13H2. The molecule has 7 nitrogen and oxygen atoms in total. The Bertz CT molecular complexity index is 1050. The Morgan fingerprint density at radius 3 is 2.57 bits per heavy atom. The van der Waals surface area contributed by atoms with Gasteiger partial charge in [0.15, 0.2) is 20.8 Å². The number of nitrogens with zero attached hydrogens (tertiary/aromatic N) is 4. The lowest BCUT2D eigenvalue weighted by Crippen LogP contribution is -2.43. The zero-order valence-corrected chi connectivity index (χ0v) is 18.8. The van der Waals surface area contributed by atoms with Crippen LogP contribution in [0.25, 0.3) is 11.4 Å². The molecule has 2 fully saturated rings. The van der Waals surface area contributed by atoms with Crippen molar-refractivity contribution in [3.05, 3.63) is 41.9 Å². The van der Waals surface area contributed by atoms with Gasteiger partial charge in [0.1, 0.15) is 0 Å². The minimum absolute atomic E-state index is 0.0363. The molecule has 1 saturated heterocycles. The summed E-state index contributed by atoms with van der Waals surface area (Å²) in [5.41, 5.74) is 0.877. The van der Waals surface area contributed by atoms with Crippen LogP contribution in [0, 0.1) is 0 Å². The Kier molecular flexibility index (Phi) is 6.22. The summed E-state index contributed by atoms with van der Waals surface area (Å²) >= 11 is 7.30. The van der Waals surface area contributed by atoms with Crippen LogP contribution in [0.3, 0.4) is 0 Å². The molecule has 4 rings (SSSR count). The zero-order chi connectivity index (χ0) is 21.3. The van der Waals surface area contributed by atoms with E-state index in [1.165, 1.54) is 11.8 Å². The van der Waals surface area contributed by atoms with Crippen molar-refractivity contribution in [2.75, 3.05) is 17.3 Å². The van der Waals surface area contributed by atoms with Gasteiger partial charge in [-0.1, -0.05) is 29.4 Å². The second kappa shape index (κ2) is 8.72. The number of hydrogen-bond donors (Lipinski definition) is 0. The molecule has 2 aliphatic rings. The largest absolute Gasteiger partial charge is 0.335 e. The molecule has 1 unspecified atom stereocenters. The second-order valence-corrected chi connectivity index (χ2v) is 11.2. The molecule has 160 valence electrons. The van der Waals surface area contributed by atoms with E-state index in [4.69, 9.17) is 11.6 Å². The fraction of sp³-hybridized carbons (Fsp3) is 0.450. The SMILES string of the molecule is C=CCn1c(SCC(=O)N(C2CC2)C2CCS(=O)(=O)C2)nnc1-c1ccc(Cl)cc1. The molecule has 1 saturated carbocycles. The summed E-state index contributed by atoms with van der Waals surface area (Å²) in [6.45, 7) is 4.32. The quantitative estimate of drug-likeness (QED) is 0.439. The number of amides is 1. The third-order valence-electron chi connectivity index (χ3n) is 5.29. The predicted octanol–water partition coefficient (Wildman–Crippen LogP) is 3.05. The molecule has 1 atom stereocenters. The van der Waals surface area contributed by atoms with Crippen molar-refractivity contribution < 1.29 is 13.2 Å². The number of allylic oxidation sites excluding steroid dienone is 1. The first-order valence-corrected chi connectivity index (χ1v) is 13.0. The molecular weight excluding hydrogens is 444 g/mol. The second-order valence-electron chi connectivity index (χ2n) is 7.59. The van der Waals surface area contributed by atoms with Crippen LogP contribution in [0.5, 0.6) is 0 Å². The number of halogens is 1. The Morgan fingerprint density at radius 1 is 1.23 bits per heavy atom. The van der Waals surface area contributed by atoms with Crippen LogP contribution in [-0.4, -0.2) is 63.3 Å². The van der Waals surface area contributed by atoms with E-state index in [2.05, 4.69) is 16.8 Å². The van der Waals surface area contributed by atoms with Crippen molar-refractivity contribution in [3.63, 3.8) is 0 Å². The topological polar surface area (TPSA) is 85.2 Å². The summed E-state index contributed by atoms with van der Waals surface area (Å²) < 4.78 is 25.7. The number of rotatable bonds is 8. The summed E-state index contributed by atoms with van der Waals surface area (Å²) in [5.74, 6) is 1.09. The van der Waals surface area contributed by atoms with Crippen LogP contribution in [0.1, 0.15) is 19.3 Å². The van der Waals surface area contributed by atoms with Gasteiger partial charge in [0.05, 0.1) is 17.3 Å². The number of carbonyl (C=O) groups is 1. The summed E-state index contributed by atoms with van der Waals surface area (Å²) in [7, 11) is -3.04. The smallest absolute Gasteiger partial charge is 0.233 e. The highest BCUT2D eigenvalue weighted by atomic mass is 35.5. The Labute approximate surface area is 185 Å². The normalized spacial score (nSPS) is 20.2. The fourth-order valence-corrected chi connectivity index (χ4v) is 6.41. The summed E-state index contributed by atoms with van der Waals surface area (Å²) in [6.07, 6.45) is 4.18. The van der Waals surface area contributed by atoms with Crippen LogP contribution >= 0.6 is 23.4 Å². The van der Waals surface area contributed by atoms with Crippen molar-refractivity contribution in [2.45, 2.75) is 43.0 Å². The zero-order valence-electron chi connectivity index (χ0n) is 16.4. The van der Waals surface area contributed by atoms with E-state index < -0.39 is 9.84 Å². The van der Waals surface area contributed by atoms with Crippen molar-refractivity contribution in [2.24, 2.45) is 0 Å². The molecule has 2 heterocycles. The highest BCUT2D eigenvalue weighted by Crippen LogP contribution is 2.33. The third kappa shape index (κ3) is 4.73. The summed E-state index contributed by atoms with van der Waals surface area (Å²) in [6, 6.07) is 7.31. The maximum absolute atomic E-state index is 13.0. The van der Waals surface area contributed by atoms with Crippen LogP contribution in [0.15, 0.2) is 42.1 Å². The van der Waals surface area contributed by atoms with E-state index in [1.54, 1.807) is 18.2 Å².